The number of carbonyl (C=O) groups is 2. The van der Waals surface area contributed by atoms with Crippen molar-refractivity contribution in [2.75, 3.05) is 18.0 Å². The molecule has 2 N–H and O–H groups in total. The van der Waals surface area contributed by atoms with Gasteiger partial charge in [-0.3, -0.25) is 9.59 Å². The second-order valence-electron chi connectivity index (χ2n) is 7.21. The number of fused-ring (bicyclic) bond motifs is 1. The fraction of sp³-hybridized carbons (Fsp3) is 0.273. The molecule has 1 aromatic heterocycles. The third-order valence-electron chi connectivity index (χ3n) is 5.28. The van der Waals surface area contributed by atoms with Gasteiger partial charge in [-0.1, -0.05) is 23.2 Å². The van der Waals surface area contributed by atoms with Crippen LogP contribution >= 0.6 is 11.6 Å². The fourth-order valence-corrected chi connectivity index (χ4v) is 3.87. The van der Waals surface area contributed by atoms with E-state index in [-0.39, 0.29) is 11.8 Å². The van der Waals surface area contributed by atoms with Crippen LogP contribution in [0.25, 0.3) is 10.9 Å². The molecule has 4 rings (SSSR count). The molecular formula is C22H22ClN3O2. The molecule has 0 radical (unpaired) electrons. The van der Waals surface area contributed by atoms with Gasteiger partial charge in [-0.15, -0.1) is 0 Å². The van der Waals surface area contributed by atoms with E-state index in [9.17, 15) is 9.59 Å². The lowest BCUT2D eigenvalue weighted by atomic mass is 10.1. The summed E-state index contributed by atoms with van der Waals surface area (Å²) >= 11 is 5.91. The maximum Gasteiger partial charge on any atom is 0.239 e. The average molecular weight is 396 g/mol. The molecule has 1 aliphatic heterocycles. The van der Waals surface area contributed by atoms with Crippen LogP contribution in [0.5, 0.6) is 0 Å². The molecule has 144 valence electrons. The van der Waals surface area contributed by atoms with Crippen molar-refractivity contribution in [3.63, 3.8) is 0 Å². The Kier molecular flexibility index (Phi) is 5.09. The SMILES string of the molecule is Cc1ccc2[nH]cc(CCNC(=O)[C@H]3CCN(c4ccc(Cl)cc4)C3=O)c2c1. The molecule has 2 amide bonds. The molecule has 2 aromatic carbocycles. The van der Waals surface area contributed by atoms with Gasteiger partial charge in [0.2, 0.25) is 11.8 Å². The minimum absolute atomic E-state index is 0.150. The molecule has 0 unspecified atom stereocenters. The van der Waals surface area contributed by atoms with Crippen LogP contribution in [-0.4, -0.2) is 29.9 Å². The molecular weight excluding hydrogens is 374 g/mol. The maximum atomic E-state index is 12.7. The monoisotopic (exact) mass is 395 g/mol. The Hall–Kier alpha value is -2.79. The van der Waals surface area contributed by atoms with Gasteiger partial charge in [-0.2, -0.15) is 0 Å². The highest BCUT2D eigenvalue weighted by Gasteiger charge is 2.37. The molecule has 0 saturated carbocycles. The van der Waals surface area contributed by atoms with E-state index in [0.29, 0.717) is 24.5 Å². The van der Waals surface area contributed by atoms with E-state index in [1.807, 2.05) is 6.20 Å². The number of hydrogen-bond donors (Lipinski definition) is 2. The van der Waals surface area contributed by atoms with Crippen molar-refractivity contribution >= 4 is 40.0 Å². The first-order chi connectivity index (χ1) is 13.5. The second-order valence-corrected chi connectivity index (χ2v) is 7.65. The number of carbonyl (C=O) groups excluding carboxylic acids is 2. The van der Waals surface area contributed by atoms with Gasteiger partial charge in [0.15, 0.2) is 0 Å². The lowest BCUT2D eigenvalue weighted by Gasteiger charge is -2.16. The number of aryl methyl sites for hydroxylation is 1. The van der Waals surface area contributed by atoms with E-state index >= 15 is 0 Å². The van der Waals surface area contributed by atoms with Gasteiger partial charge in [-0.05, 0) is 61.7 Å². The van der Waals surface area contributed by atoms with Gasteiger partial charge in [0.25, 0.3) is 0 Å². The molecule has 28 heavy (non-hydrogen) atoms. The first-order valence-corrected chi connectivity index (χ1v) is 9.82. The molecule has 0 bridgehead atoms. The largest absolute Gasteiger partial charge is 0.361 e. The topological polar surface area (TPSA) is 65.2 Å². The van der Waals surface area contributed by atoms with Gasteiger partial charge >= 0.3 is 0 Å². The molecule has 0 aliphatic carbocycles. The number of halogens is 1. The molecule has 1 atom stereocenters. The number of H-pyrrole nitrogens is 1. The minimum atomic E-state index is -0.624. The standard InChI is InChI=1S/C22H22ClN3O2/c1-14-2-7-20-19(12-14)15(13-25-20)8-10-24-21(27)18-9-11-26(22(18)28)17-5-3-16(23)4-6-17/h2-7,12-13,18,25H,8-11H2,1H3,(H,24,27)/t18-/m1/s1. The first kappa shape index (κ1) is 18.6. The van der Waals surface area contributed by atoms with Crippen molar-refractivity contribution in [2.24, 2.45) is 5.92 Å². The zero-order chi connectivity index (χ0) is 19.7. The van der Waals surface area contributed by atoms with Crippen LogP contribution in [0.15, 0.2) is 48.7 Å². The number of anilines is 1. The number of aromatic nitrogens is 1. The van der Waals surface area contributed by atoms with Crippen LogP contribution in [0.2, 0.25) is 5.02 Å². The van der Waals surface area contributed by atoms with Crippen LogP contribution in [0, 0.1) is 12.8 Å². The van der Waals surface area contributed by atoms with E-state index < -0.39 is 5.92 Å². The number of benzene rings is 2. The number of aromatic amines is 1. The molecule has 2 heterocycles. The van der Waals surface area contributed by atoms with Crippen LogP contribution in [0.3, 0.4) is 0 Å². The zero-order valence-electron chi connectivity index (χ0n) is 15.7. The van der Waals surface area contributed by atoms with Crippen molar-refractivity contribution in [3.05, 3.63) is 64.8 Å². The number of amides is 2. The molecule has 3 aromatic rings. The third-order valence-corrected chi connectivity index (χ3v) is 5.53. The number of hydrogen-bond acceptors (Lipinski definition) is 2. The van der Waals surface area contributed by atoms with Gasteiger partial charge in [0.1, 0.15) is 5.92 Å². The van der Waals surface area contributed by atoms with Gasteiger partial charge in [0.05, 0.1) is 0 Å². The second kappa shape index (κ2) is 7.68. The van der Waals surface area contributed by atoms with E-state index in [2.05, 4.69) is 35.4 Å². The van der Waals surface area contributed by atoms with Crippen LogP contribution in [0.1, 0.15) is 17.5 Å². The predicted molar refractivity (Wildman–Crippen MR) is 112 cm³/mol. The molecule has 1 fully saturated rings. The molecule has 6 heteroatoms. The number of nitrogens with one attached hydrogen (secondary N) is 2. The Morgan fingerprint density at radius 1 is 1.25 bits per heavy atom. The maximum absolute atomic E-state index is 12.7. The van der Waals surface area contributed by atoms with E-state index in [1.54, 1.807) is 29.2 Å². The van der Waals surface area contributed by atoms with E-state index in [0.717, 1.165) is 17.6 Å². The lowest BCUT2D eigenvalue weighted by Crippen LogP contribution is -2.37. The van der Waals surface area contributed by atoms with Gasteiger partial charge < -0.3 is 15.2 Å². The number of rotatable bonds is 5. The first-order valence-electron chi connectivity index (χ1n) is 9.44. The Morgan fingerprint density at radius 3 is 2.82 bits per heavy atom. The highest BCUT2D eigenvalue weighted by molar-refractivity contribution is 6.30. The summed E-state index contributed by atoms with van der Waals surface area (Å²) in [7, 11) is 0. The van der Waals surface area contributed by atoms with Crippen molar-refractivity contribution in [3.8, 4) is 0 Å². The molecule has 1 saturated heterocycles. The Balaban J connectivity index is 1.35. The van der Waals surface area contributed by atoms with Crippen molar-refractivity contribution in [1.29, 1.82) is 0 Å². The zero-order valence-corrected chi connectivity index (χ0v) is 16.4. The molecule has 5 nitrogen and oxygen atoms in total. The summed E-state index contributed by atoms with van der Waals surface area (Å²) in [6.45, 7) is 3.11. The molecule has 0 spiro atoms. The van der Waals surface area contributed by atoms with Crippen molar-refractivity contribution < 1.29 is 9.59 Å². The summed E-state index contributed by atoms with van der Waals surface area (Å²) in [6.07, 6.45) is 3.23. The summed E-state index contributed by atoms with van der Waals surface area (Å²) in [4.78, 5) is 30.1. The van der Waals surface area contributed by atoms with Crippen molar-refractivity contribution in [1.82, 2.24) is 10.3 Å². The van der Waals surface area contributed by atoms with E-state index in [4.69, 9.17) is 11.6 Å². The van der Waals surface area contributed by atoms with E-state index in [1.165, 1.54) is 16.5 Å². The third kappa shape index (κ3) is 3.62. The Labute approximate surface area is 168 Å². The number of nitrogens with zero attached hydrogens (tertiary/aromatic N) is 1. The summed E-state index contributed by atoms with van der Waals surface area (Å²) in [5, 5.41) is 4.74. The highest BCUT2D eigenvalue weighted by Crippen LogP contribution is 2.26. The fourth-order valence-electron chi connectivity index (χ4n) is 3.74. The Morgan fingerprint density at radius 2 is 2.04 bits per heavy atom. The Bertz CT molecular complexity index is 1030. The molecule has 1 aliphatic rings. The van der Waals surface area contributed by atoms with Crippen LogP contribution in [0.4, 0.5) is 5.69 Å². The quantitative estimate of drug-likeness (QED) is 0.644. The predicted octanol–water partition coefficient (Wildman–Crippen LogP) is 3.84. The van der Waals surface area contributed by atoms with Crippen LogP contribution in [-0.2, 0) is 16.0 Å². The lowest BCUT2D eigenvalue weighted by molar-refractivity contribution is -0.132. The van der Waals surface area contributed by atoms with Crippen LogP contribution < -0.4 is 10.2 Å². The summed E-state index contributed by atoms with van der Waals surface area (Å²) in [5.41, 5.74) is 4.24. The summed E-state index contributed by atoms with van der Waals surface area (Å²) in [5.74, 6) is -0.971. The smallest absolute Gasteiger partial charge is 0.239 e. The minimum Gasteiger partial charge on any atom is -0.361 e. The normalized spacial score (nSPS) is 16.7. The summed E-state index contributed by atoms with van der Waals surface area (Å²) in [6, 6.07) is 13.4. The highest BCUT2D eigenvalue weighted by atomic mass is 35.5. The van der Waals surface area contributed by atoms with Gasteiger partial charge in [-0.25, -0.2) is 0 Å². The van der Waals surface area contributed by atoms with Gasteiger partial charge in [0, 0.05) is 40.9 Å². The summed E-state index contributed by atoms with van der Waals surface area (Å²) < 4.78 is 0. The average Bonchev–Trinajstić information content (AvgIpc) is 3.26. The van der Waals surface area contributed by atoms with Crippen molar-refractivity contribution in [2.45, 2.75) is 19.8 Å².